The highest BCUT2D eigenvalue weighted by atomic mass is 35.5. The van der Waals surface area contributed by atoms with Crippen molar-refractivity contribution in [2.24, 2.45) is 0 Å². The molecule has 0 aliphatic rings. The maximum atomic E-state index is 11.9. The number of nitriles is 1. The van der Waals surface area contributed by atoms with Crippen molar-refractivity contribution in [1.82, 2.24) is 5.32 Å². The van der Waals surface area contributed by atoms with Gasteiger partial charge in [-0.2, -0.15) is 5.26 Å². The van der Waals surface area contributed by atoms with Crippen LogP contribution in [-0.4, -0.2) is 11.4 Å². The third-order valence-corrected chi connectivity index (χ3v) is 2.54. The zero-order chi connectivity index (χ0) is 15.3. The second-order valence-electron chi connectivity index (χ2n) is 5.18. The Labute approximate surface area is 128 Å². The number of nitrogens with one attached hydrogen (secondary N) is 2. The van der Waals surface area contributed by atoms with Gasteiger partial charge in [-0.05, 0) is 39.0 Å². The molecule has 0 aromatic heterocycles. The molecule has 1 aromatic rings. The van der Waals surface area contributed by atoms with E-state index in [1.54, 1.807) is 18.2 Å². The molecule has 6 heteroatoms. The van der Waals surface area contributed by atoms with Crippen molar-refractivity contribution < 1.29 is 4.79 Å². The van der Waals surface area contributed by atoms with Crippen molar-refractivity contribution in [3.8, 4) is 6.07 Å². The van der Waals surface area contributed by atoms with Crippen LogP contribution < -0.4 is 10.6 Å². The lowest BCUT2D eigenvalue weighted by atomic mass is 10.1. The van der Waals surface area contributed by atoms with Crippen molar-refractivity contribution in [2.75, 3.05) is 5.32 Å². The Morgan fingerprint density at radius 2 is 1.80 bits per heavy atom. The predicted octanol–water partition coefficient (Wildman–Crippen LogP) is 3.73. The first-order valence-electron chi connectivity index (χ1n) is 5.87. The molecule has 0 bridgehead atoms. The number of amides is 1. The molecule has 0 fully saturated rings. The minimum atomic E-state index is -0.444. The van der Waals surface area contributed by atoms with Crippen molar-refractivity contribution >= 4 is 34.8 Å². The van der Waals surface area contributed by atoms with Gasteiger partial charge in [0.1, 0.15) is 11.6 Å². The van der Waals surface area contributed by atoms with Crippen LogP contribution in [0.2, 0.25) is 10.0 Å². The summed E-state index contributed by atoms with van der Waals surface area (Å²) in [4.78, 5) is 11.9. The Hall–Kier alpha value is -1.70. The Balaban J connectivity index is 2.86. The number of halogens is 2. The smallest absolute Gasteiger partial charge is 0.263 e. The zero-order valence-corrected chi connectivity index (χ0v) is 12.9. The highest BCUT2D eigenvalue weighted by Crippen LogP contribution is 2.22. The lowest BCUT2D eigenvalue weighted by molar-refractivity contribution is -0.118. The molecule has 1 aromatic carbocycles. The molecule has 1 amide bonds. The van der Waals surface area contributed by atoms with Crippen LogP contribution in [0.25, 0.3) is 0 Å². The van der Waals surface area contributed by atoms with E-state index in [1.807, 2.05) is 26.8 Å². The predicted molar refractivity (Wildman–Crippen MR) is 81.7 cm³/mol. The summed E-state index contributed by atoms with van der Waals surface area (Å²) in [5.41, 5.74) is 0.154. The number of benzene rings is 1. The van der Waals surface area contributed by atoms with E-state index in [9.17, 15) is 4.79 Å². The monoisotopic (exact) mass is 311 g/mol. The van der Waals surface area contributed by atoms with E-state index in [1.165, 1.54) is 6.20 Å². The number of nitrogens with zero attached hydrogens (tertiary/aromatic N) is 1. The van der Waals surface area contributed by atoms with Crippen LogP contribution in [0.1, 0.15) is 20.8 Å². The molecule has 20 heavy (non-hydrogen) atoms. The van der Waals surface area contributed by atoms with Crippen molar-refractivity contribution in [3.05, 3.63) is 40.0 Å². The van der Waals surface area contributed by atoms with Gasteiger partial charge in [0.2, 0.25) is 0 Å². The summed E-state index contributed by atoms with van der Waals surface area (Å²) in [6, 6.07) is 6.72. The van der Waals surface area contributed by atoms with E-state index in [2.05, 4.69) is 10.6 Å². The van der Waals surface area contributed by atoms with E-state index in [-0.39, 0.29) is 5.57 Å². The van der Waals surface area contributed by atoms with Gasteiger partial charge in [0, 0.05) is 27.5 Å². The summed E-state index contributed by atoms with van der Waals surface area (Å²) in [7, 11) is 0. The highest BCUT2D eigenvalue weighted by molar-refractivity contribution is 6.35. The molecule has 0 saturated carbocycles. The summed E-state index contributed by atoms with van der Waals surface area (Å²) < 4.78 is 0. The topological polar surface area (TPSA) is 64.9 Å². The van der Waals surface area contributed by atoms with Crippen LogP contribution in [0.3, 0.4) is 0 Å². The van der Waals surface area contributed by atoms with E-state index in [4.69, 9.17) is 28.5 Å². The lowest BCUT2D eigenvalue weighted by Gasteiger charge is -2.20. The van der Waals surface area contributed by atoms with E-state index >= 15 is 0 Å². The SMILES string of the molecule is CC(C)(C)NC(=O)/C(C#N)=C\Nc1cc(Cl)cc(Cl)c1. The van der Waals surface area contributed by atoms with Gasteiger partial charge in [0.15, 0.2) is 0 Å². The molecule has 4 nitrogen and oxygen atoms in total. The lowest BCUT2D eigenvalue weighted by Crippen LogP contribution is -2.41. The second kappa shape index (κ2) is 6.65. The second-order valence-corrected chi connectivity index (χ2v) is 6.05. The summed E-state index contributed by atoms with van der Waals surface area (Å²) in [6.07, 6.45) is 1.32. The first-order valence-corrected chi connectivity index (χ1v) is 6.62. The van der Waals surface area contributed by atoms with Crippen molar-refractivity contribution in [3.63, 3.8) is 0 Å². The molecular formula is C14H15Cl2N3O. The first-order chi connectivity index (χ1) is 9.21. The molecule has 0 atom stereocenters. The van der Waals surface area contributed by atoms with E-state index < -0.39 is 11.4 Å². The summed E-state index contributed by atoms with van der Waals surface area (Å²) in [6.45, 7) is 5.51. The van der Waals surface area contributed by atoms with Crippen LogP contribution in [0, 0.1) is 11.3 Å². The van der Waals surface area contributed by atoms with Crippen LogP contribution in [0.5, 0.6) is 0 Å². The molecule has 0 radical (unpaired) electrons. The molecule has 1 rings (SSSR count). The maximum Gasteiger partial charge on any atom is 0.263 e. The van der Waals surface area contributed by atoms with Gasteiger partial charge in [-0.25, -0.2) is 0 Å². The Morgan fingerprint density at radius 1 is 1.25 bits per heavy atom. The molecule has 106 valence electrons. The van der Waals surface area contributed by atoms with Gasteiger partial charge in [0.05, 0.1) is 0 Å². The molecule has 0 saturated heterocycles. The molecule has 0 spiro atoms. The summed E-state index contributed by atoms with van der Waals surface area (Å²) >= 11 is 11.7. The normalized spacial score (nSPS) is 11.7. The van der Waals surface area contributed by atoms with E-state index in [0.29, 0.717) is 15.7 Å². The first kappa shape index (κ1) is 16.4. The van der Waals surface area contributed by atoms with Crippen molar-refractivity contribution in [2.45, 2.75) is 26.3 Å². The number of carbonyl (C=O) groups excluding carboxylic acids is 1. The minimum absolute atomic E-state index is 0.0315. The summed E-state index contributed by atoms with van der Waals surface area (Å²) in [5, 5.41) is 15.5. The minimum Gasteiger partial charge on any atom is -0.360 e. The largest absolute Gasteiger partial charge is 0.360 e. The van der Waals surface area contributed by atoms with Gasteiger partial charge >= 0.3 is 0 Å². The van der Waals surface area contributed by atoms with Gasteiger partial charge in [-0.1, -0.05) is 23.2 Å². The number of anilines is 1. The zero-order valence-electron chi connectivity index (χ0n) is 11.4. The molecule has 0 aliphatic heterocycles. The molecular weight excluding hydrogens is 297 g/mol. The van der Waals surface area contributed by atoms with Crippen LogP contribution in [-0.2, 0) is 4.79 Å². The van der Waals surface area contributed by atoms with Crippen LogP contribution in [0.4, 0.5) is 5.69 Å². The molecule has 0 unspecified atom stereocenters. The van der Waals surface area contributed by atoms with Gasteiger partial charge in [-0.3, -0.25) is 4.79 Å². The average Bonchev–Trinajstić information content (AvgIpc) is 2.25. The number of carbonyl (C=O) groups is 1. The molecule has 0 aliphatic carbocycles. The highest BCUT2D eigenvalue weighted by Gasteiger charge is 2.17. The third-order valence-electron chi connectivity index (χ3n) is 2.10. The average molecular weight is 312 g/mol. The van der Waals surface area contributed by atoms with Crippen molar-refractivity contribution in [1.29, 1.82) is 5.26 Å². The van der Waals surface area contributed by atoms with E-state index in [0.717, 1.165) is 0 Å². The fourth-order valence-electron chi connectivity index (χ4n) is 1.35. The molecule has 0 heterocycles. The Kier molecular flexibility index (Phi) is 5.43. The fourth-order valence-corrected chi connectivity index (χ4v) is 1.88. The Morgan fingerprint density at radius 3 is 2.25 bits per heavy atom. The fraction of sp³-hybridized carbons (Fsp3) is 0.286. The Bertz CT molecular complexity index is 563. The summed E-state index contributed by atoms with van der Waals surface area (Å²) in [5.74, 6) is -0.444. The maximum absolute atomic E-state index is 11.9. The van der Waals surface area contributed by atoms with Crippen LogP contribution >= 0.6 is 23.2 Å². The standard InChI is InChI=1S/C14H15Cl2N3O/c1-14(2,3)19-13(20)9(7-17)8-18-12-5-10(15)4-11(16)6-12/h4-6,8,18H,1-3H3,(H,19,20)/b9-8-. The number of hydrogen-bond acceptors (Lipinski definition) is 3. The molecule has 2 N–H and O–H groups in total. The quantitative estimate of drug-likeness (QED) is 0.660. The van der Waals surface area contributed by atoms with Crippen LogP contribution in [0.15, 0.2) is 30.0 Å². The third kappa shape index (κ3) is 5.52. The van der Waals surface area contributed by atoms with Gasteiger partial charge in [0.25, 0.3) is 5.91 Å². The van der Waals surface area contributed by atoms with Gasteiger partial charge in [-0.15, -0.1) is 0 Å². The number of hydrogen-bond donors (Lipinski definition) is 2. The van der Waals surface area contributed by atoms with Gasteiger partial charge < -0.3 is 10.6 Å². The number of rotatable bonds is 3.